The van der Waals surface area contributed by atoms with Gasteiger partial charge in [0.1, 0.15) is 24.1 Å². The lowest BCUT2D eigenvalue weighted by Gasteiger charge is -2.39. The monoisotopic (exact) mass is 398 g/mol. The van der Waals surface area contributed by atoms with Gasteiger partial charge >= 0.3 is 6.18 Å². The third-order valence-electron chi connectivity index (χ3n) is 4.54. The van der Waals surface area contributed by atoms with Crippen molar-refractivity contribution < 1.29 is 28.1 Å². The molecule has 7 nitrogen and oxygen atoms in total. The fourth-order valence-corrected chi connectivity index (χ4v) is 2.99. The molecule has 1 aromatic heterocycles. The molecular weight excluding hydrogens is 377 g/mol. The number of para-hydroxylation sites is 1. The average molecular weight is 398 g/mol. The first-order valence-corrected chi connectivity index (χ1v) is 8.65. The molecule has 4 atom stereocenters. The Balaban J connectivity index is 1.62. The van der Waals surface area contributed by atoms with Gasteiger partial charge in [0.15, 0.2) is 5.69 Å². The molecule has 1 aliphatic heterocycles. The number of halogens is 3. The zero-order valence-corrected chi connectivity index (χ0v) is 15.0. The molecule has 1 aromatic carbocycles. The molecule has 1 aliphatic rings. The summed E-state index contributed by atoms with van der Waals surface area (Å²) in [6.07, 6.45) is -6.03. The molecule has 1 saturated heterocycles. The molecule has 0 spiro atoms. The minimum absolute atomic E-state index is 0.0105. The molecule has 0 bridgehead atoms. The van der Waals surface area contributed by atoms with Crippen LogP contribution in [0.1, 0.15) is 5.69 Å². The van der Waals surface area contributed by atoms with Gasteiger partial charge in [0.2, 0.25) is 0 Å². The minimum Gasteiger partial charge on any atom is -0.388 e. The first-order valence-electron chi connectivity index (χ1n) is 8.65. The van der Waals surface area contributed by atoms with Crippen molar-refractivity contribution in [3.8, 4) is 0 Å². The molecule has 28 heavy (non-hydrogen) atoms. The van der Waals surface area contributed by atoms with Crippen molar-refractivity contribution in [2.75, 3.05) is 30.4 Å². The second kappa shape index (κ2) is 8.29. The average Bonchev–Trinajstić information content (AvgIpc) is 2.68. The first kappa shape index (κ1) is 20.3. The number of aromatic nitrogens is 2. The lowest BCUT2D eigenvalue weighted by Crippen LogP contribution is -2.58. The zero-order chi connectivity index (χ0) is 20.3. The number of aliphatic hydroxyl groups excluding tert-OH is 2. The quantitative estimate of drug-likeness (QED) is 0.704. The van der Waals surface area contributed by atoms with Crippen molar-refractivity contribution in [2.24, 2.45) is 0 Å². The minimum atomic E-state index is -4.63. The summed E-state index contributed by atoms with van der Waals surface area (Å²) in [6.45, 7) is 0.321. The van der Waals surface area contributed by atoms with Crippen molar-refractivity contribution in [3.05, 3.63) is 48.4 Å². The van der Waals surface area contributed by atoms with Crippen LogP contribution in [0.5, 0.6) is 0 Å². The number of benzene rings is 1. The number of rotatable bonds is 5. The van der Waals surface area contributed by atoms with Crippen molar-refractivity contribution >= 4 is 11.5 Å². The number of nitrogens with zero attached hydrogens (tertiary/aromatic N) is 3. The van der Waals surface area contributed by atoms with E-state index in [2.05, 4.69) is 15.3 Å². The van der Waals surface area contributed by atoms with Gasteiger partial charge < -0.3 is 25.2 Å². The van der Waals surface area contributed by atoms with Gasteiger partial charge in [-0.15, -0.1) is 0 Å². The molecule has 4 unspecified atom stereocenters. The van der Waals surface area contributed by atoms with Crippen molar-refractivity contribution in [3.63, 3.8) is 0 Å². The fourth-order valence-electron chi connectivity index (χ4n) is 2.99. The van der Waals surface area contributed by atoms with Crippen LogP contribution in [0.15, 0.2) is 42.7 Å². The van der Waals surface area contributed by atoms with E-state index in [4.69, 9.17) is 4.74 Å². The lowest BCUT2D eigenvalue weighted by atomic mass is 9.97. The second-order valence-corrected chi connectivity index (χ2v) is 6.61. The van der Waals surface area contributed by atoms with Crippen LogP contribution in [0, 0.1) is 0 Å². The standard InChI is InChI=1S/C18H21F3N4O3/c1-25(11-5-3-2-4-6-11)9-13-17(27)16(26)12(10-28-13)23-15-8-22-7-14(24-15)18(19,20)21/h2-8,12-13,16-17,26-27H,9-10H2,1H3,(H,23,24). The largest absolute Gasteiger partial charge is 0.434 e. The van der Waals surface area contributed by atoms with Crippen LogP contribution in [-0.2, 0) is 10.9 Å². The highest BCUT2D eigenvalue weighted by Gasteiger charge is 2.39. The van der Waals surface area contributed by atoms with Gasteiger partial charge in [0.05, 0.1) is 25.0 Å². The summed E-state index contributed by atoms with van der Waals surface area (Å²) >= 11 is 0. The number of nitrogens with one attached hydrogen (secondary N) is 1. The Morgan fingerprint density at radius 3 is 2.57 bits per heavy atom. The summed E-state index contributed by atoms with van der Waals surface area (Å²) < 4.78 is 43.9. The second-order valence-electron chi connectivity index (χ2n) is 6.61. The molecule has 10 heteroatoms. The molecule has 0 aliphatic carbocycles. The maximum Gasteiger partial charge on any atom is 0.434 e. The number of hydrogen-bond acceptors (Lipinski definition) is 7. The van der Waals surface area contributed by atoms with E-state index in [0.29, 0.717) is 12.7 Å². The molecule has 2 heterocycles. The Morgan fingerprint density at radius 2 is 1.89 bits per heavy atom. The maximum absolute atomic E-state index is 12.7. The summed E-state index contributed by atoms with van der Waals surface area (Å²) in [7, 11) is 1.83. The number of alkyl halides is 3. The molecule has 3 N–H and O–H groups in total. The molecule has 3 rings (SSSR count). The number of ether oxygens (including phenoxy) is 1. The molecule has 152 valence electrons. The molecule has 0 radical (unpaired) electrons. The molecule has 1 fully saturated rings. The van der Waals surface area contributed by atoms with E-state index in [1.54, 1.807) is 0 Å². The normalized spacial score (nSPS) is 25.4. The number of hydrogen-bond donors (Lipinski definition) is 3. The number of likely N-dealkylation sites (N-methyl/N-ethyl adjacent to an activating group) is 1. The van der Waals surface area contributed by atoms with Crippen molar-refractivity contribution in [1.82, 2.24) is 9.97 Å². The van der Waals surface area contributed by atoms with E-state index < -0.39 is 36.2 Å². The van der Waals surface area contributed by atoms with Gasteiger partial charge in [-0.05, 0) is 12.1 Å². The predicted molar refractivity (Wildman–Crippen MR) is 95.9 cm³/mol. The van der Waals surface area contributed by atoms with Gasteiger partial charge in [-0.1, -0.05) is 18.2 Å². The Labute approximate surface area is 159 Å². The Kier molecular flexibility index (Phi) is 6.01. The van der Waals surface area contributed by atoms with E-state index in [-0.39, 0.29) is 12.4 Å². The Bertz CT molecular complexity index is 778. The van der Waals surface area contributed by atoms with Crippen LogP contribution in [0.3, 0.4) is 0 Å². The molecule has 0 saturated carbocycles. The third kappa shape index (κ3) is 4.70. The summed E-state index contributed by atoms with van der Waals surface area (Å²) in [4.78, 5) is 8.84. The van der Waals surface area contributed by atoms with Crippen LogP contribution in [-0.4, -0.2) is 64.7 Å². The Morgan fingerprint density at radius 1 is 1.18 bits per heavy atom. The van der Waals surface area contributed by atoms with Gasteiger partial charge in [-0.2, -0.15) is 13.2 Å². The SMILES string of the molecule is CN(CC1OCC(Nc2cncc(C(F)(F)F)n2)C(O)C1O)c1ccccc1. The van der Waals surface area contributed by atoms with Gasteiger partial charge in [-0.25, -0.2) is 4.98 Å². The predicted octanol–water partition coefficient (Wildman–Crippen LogP) is 1.53. The molecule has 0 amide bonds. The topological polar surface area (TPSA) is 90.7 Å². The van der Waals surface area contributed by atoms with Crippen LogP contribution in [0.2, 0.25) is 0 Å². The fraction of sp³-hybridized carbons (Fsp3) is 0.444. The van der Waals surface area contributed by atoms with Crippen molar-refractivity contribution in [2.45, 2.75) is 30.5 Å². The van der Waals surface area contributed by atoms with E-state index in [9.17, 15) is 23.4 Å². The highest BCUT2D eigenvalue weighted by Crippen LogP contribution is 2.28. The third-order valence-corrected chi connectivity index (χ3v) is 4.54. The van der Waals surface area contributed by atoms with Crippen molar-refractivity contribution in [1.29, 1.82) is 0 Å². The van der Waals surface area contributed by atoms with Crippen LogP contribution < -0.4 is 10.2 Å². The number of anilines is 2. The lowest BCUT2D eigenvalue weighted by molar-refractivity contribution is -0.141. The zero-order valence-electron chi connectivity index (χ0n) is 15.0. The van der Waals surface area contributed by atoms with E-state index in [1.807, 2.05) is 42.3 Å². The van der Waals surface area contributed by atoms with Gasteiger partial charge in [0, 0.05) is 19.3 Å². The van der Waals surface area contributed by atoms with E-state index >= 15 is 0 Å². The van der Waals surface area contributed by atoms with E-state index in [0.717, 1.165) is 11.9 Å². The van der Waals surface area contributed by atoms with Crippen LogP contribution >= 0.6 is 0 Å². The van der Waals surface area contributed by atoms with Gasteiger partial charge in [0.25, 0.3) is 0 Å². The summed E-state index contributed by atoms with van der Waals surface area (Å²) in [5.41, 5.74) is -0.223. The highest BCUT2D eigenvalue weighted by atomic mass is 19.4. The first-order chi connectivity index (χ1) is 13.3. The smallest absolute Gasteiger partial charge is 0.388 e. The number of aliphatic hydroxyl groups is 2. The van der Waals surface area contributed by atoms with E-state index in [1.165, 1.54) is 0 Å². The molecule has 2 aromatic rings. The maximum atomic E-state index is 12.7. The van der Waals surface area contributed by atoms with Gasteiger partial charge in [-0.3, -0.25) is 4.98 Å². The summed E-state index contributed by atoms with van der Waals surface area (Å²) in [5.74, 6) is -0.158. The molecular formula is C18H21F3N4O3. The Hall–Kier alpha value is -2.43. The summed E-state index contributed by atoms with van der Waals surface area (Å²) in [6, 6.07) is 8.64. The van der Waals surface area contributed by atoms with Crippen LogP contribution in [0.4, 0.5) is 24.7 Å². The van der Waals surface area contributed by atoms with Crippen LogP contribution in [0.25, 0.3) is 0 Å². The highest BCUT2D eigenvalue weighted by molar-refractivity contribution is 5.45. The summed E-state index contributed by atoms with van der Waals surface area (Å²) in [5, 5.41) is 23.5.